The molecule has 19 heavy (non-hydrogen) atoms. The van der Waals surface area contributed by atoms with Crippen molar-refractivity contribution >= 4 is 23.3 Å². The van der Waals surface area contributed by atoms with Crippen molar-refractivity contribution in [2.75, 3.05) is 0 Å². The van der Waals surface area contributed by atoms with Gasteiger partial charge in [-0.05, 0) is 39.8 Å². The molecule has 0 saturated heterocycles. The van der Waals surface area contributed by atoms with Gasteiger partial charge in [0.05, 0.1) is 0 Å². The highest BCUT2D eigenvalue weighted by Crippen LogP contribution is 2.16. The third-order valence-electron chi connectivity index (χ3n) is 2.64. The smallest absolute Gasteiger partial charge is 0.328 e. The fourth-order valence-electron chi connectivity index (χ4n) is 1.54. The molecule has 0 aliphatic rings. The predicted molar refractivity (Wildman–Crippen MR) is 75.6 cm³/mol. The van der Waals surface area contributed by atoms with Crippen LogP contribution >= 0.6 is 11.3 Å². The summed E-state index contributed by atoms with van der Waals surface area (Å²) in [6.07, 6.45) is 0.736. The van der Waals surface area contributed by atoms with Gasteiger partial charge in [-0.2, -0.15) is 0 Å². The Hall–Kier alpha value is -1.56. The van der Waals surface area contributed by atoms with E-state index in [-0.39, 0.29) is 6.04 Å². The number of aliphatic carboxylic acids is 1. The number of carbonyl (C=O) groups excluding carboxylic acids is 1. The van der Waals surface area contributed by atoms with Gasteiger partial charge in [0, 0.05) is 22.2 Å². The molecule has 0 aliphatic carbocycles. The highest BCUT2D eigenvalue weighted by molar-refractivity contribution is 7.11. The van der Waals surface area contributed by atoms with E-state index >= 15 is 0 Å². The number of thiophene rings is 1. The lowest BCUT2D eigenvalue weighted by molar-refractivity contribution is -0.142. The Kier molecular flexibility index (Phi) is 4.94. The molecule has 1 heterocycles. The molecule has 2 amide bonds. The predicted octanol–water partition coefficient (Wildman–Crippen LogP) is 2.15. The molecule has 0 aliphatic heterocycles. The molecular weight excluding hydrogens is 264 g/mol. The molecule has 6 heteroatoms. The molecule has 1 atom stereocenters. The quantitative estimate of drug-likeness (QED) is 0.775. The minimum Gasteiger partial charge on any atom is -0.480 e. The van der Waals surface area contributed by atoms with Crippen LogP contribution in [0, 0.1) is 6.92 Å². The van der Waals surface area contributed by atoms with Crippen LogP contribution in [-0.2, 0) is 11.2 Å². The minimum atomic E-state index is -1.27. The molecule has 1 aromatic heterocycles. The molecule has 0 fully saturated rings. The van der Waals surface area contributed by atoms with Gasteiger partial charge in [0.2, 0.25) is 0 Å². The lowest BCUT2D eigenvalue weighted by atomic mass is 10.1. The van der Waals surface area contributed by atoms with Gasteiger partial charge in [0.15, 0.2) is 0 Å². The molecular formula is C13H20N2O3S. The molecule has 0 bridgehead atoms. The van der Waals surface area contributed by atoms with Crippen molar-refractivity contribution in [2.45, 2.75) is 45.7 Å². The second kappa shape index (κ2) is 6.06. The number of carboxylic acid groups (broad SMARTS) is 1. The van der Waals surface area contributed by atoms with Crippen LogP contribution in [0.2, 0.25) is 0 Å². The average Bonchev–Trinajstić information content (AvgIpc) is 2.61. The van der Waals surface area contributed by atoms with Crippen molar-refractivity contribution in [3.8, 4) is 0 Å². The van der Waals surface area contributed by atoms with Crippen molar-refractivity contribution in [1.82, 2.24) is 10.6 Å². The summed E-state index contributed by atoms with van der Waals surface area (Å²) in [4.78, 5) is 25.0. The normalized spacial score (nSPS) is 12.8. The van der Waals surface area contributed by atoms with E-state index in [1.165, 1.54) is 23.6 Å². The van der Waals surface area contributed by atoms with Crippen molar-refractivity contribution in [3.63, 3.8) is 0 Å². The van der Waals surface area contributed by atoms with Crippen molar-refractivity contribution < 1.29 is 14.7 Å². The molecule has 0 saturated carbocycles. The molecule has 0 spiro atoms. The van der Waals surface area contributed by atoms with Gasteiger partial charge in [-0.25, -0.2) is 9.59 Å². The lowest BCUT2D eigenvalue weighted by Gasteiger charge is -2.23. The summed E-state index contributed by atoms with van der Waals surface area (Å²) >= 11 is 1.70. The fraction of sp³-hybridized carbons (Fsp3) is 0.538. The highest BCUT2D eigenvalue weighted by Gasteiger charge is 2.29. The third-order valence-corrected chi connectivity index (χ3v) is 3.66. The van der Waals surface area contributed by atoms with Crippen molar-refractivity contribution in [1.29, 1.82) is 0 Å². The maximum absolute atomic E-state index is 11.7. The number of nitrogens with one attached hydrogen (secondary N) is 2. The first-order chi connectivity index (χ1) is 8.70. The van der Waals surface area contributed by atoms with Crippen molar-refractivity contribution in [3.05, 3.63) is 21.9 Å². The zero-order chi connectivity index (χ0) is 14.6. The van der Waals surface area contributed by atoms with Crippen LogP contribution in [0.5, 0.6) is 0 Å². The molecule has 1 unspecified atom stereocenters. The average molecular weight is 284 g/mol. The van der Waals surface area contributed by atoms with Gasteiger partial charge in [0.1, 0.15) is 5.54 Å². The van der Waals surface area contributed by atoms with E-state index in [0.717, 1.165) is 6.42 Å². The van der Waals surface area contributed by atoms with Crippen molar-refractivity contribution in [2.24, 2.45) is 0 Å². The molecule has 5 nitrogen and oxygen atoms in total. The van der Waals surface area contributed by atoms with E-state index in [0.29, 0.717) is 0 Å². The Labute approximate surface area is 117 Å². The Morgan fingerprint density at radius 3 is 2.53 bits per heavy atom. The molecule has 1 aromatic rings. The molecule has 106 valence electrons. The van der Waals surface area contributed by atoms with Crippen LogP contribution in [0.15, 0.2) is 12.1 Å². The van der Waals surface area contributed by atoms with E-state index in [1.54, 1.807) is 11.3 Å². The Morgan fingerprint density at radius 1 is 1.42 bits per heavy atom. The summed E-state index contributed by atoms with van der Waals surface area (Å²) < 4.78 is 0. The van der Waals surface area contributed by atoms with Crippen LogP contribution in [0.1, 0.15) is 30.5 Å². The van der Waals surface area contributed by atoms with E-state index in [2.05, 4.69) is 10.6 Å². The number of amides is 2. The third kappa shape index (κ3) is 4.90. The van der Waals surface area contributed by atoms with Gasteiger partial charge in [0.25, 0.3) is 0 Å². The number of aryl methyl sites for hydroxylation is 1. The molecule has 0 radical (unpaired) electrons. The van der Waals surface area contributed by atoms with Gasteiger partial charge in [-0.3, -0.25) is 0 Å². The summed E-state index contributed by atoms with van der Waals surface area (Å²) in [5.41, 5.74) is -1.27. The lowest BCUT2D eigenvalue weighted by Crippen LogP contribution is -2.54. The summed E-state index contributed by atoms with van der Waals surface area (Å²) in [7, 11) is 0. The molecule has 0 aromatic carbocycles. The summed E-state index contributed by atoms with van der Waals surface area (Å²) in [6.45, 7) is 6.82. The van der Waals surface area contributed by atoms with E-state index in [4.69, 9.17) is 5.11 Å². The van der Waals surface area contributed by atoms with E-state index < -0.39 is 17.5 Å². The summed E-state index contributed by atoms with van der Waals surface area (Å²) in [6, 6.07) is 3.56. The fourth-order valence-corrected chi connectivity index (χ4v) is 2.56. The van der Waals surface area contributed by atoms with Gasteiger partial charge in [-0.15, -0.1) is 11.3 Å². The van der Waals surface area contributed by atoms with Crippen LogP contribution < -0.4 is 10.6 Å². The Bertz CT molecular complexity index is 468. The standard InChI is InChI=1S/C13H20N2O3S/c1-8(7-10-6-5-9(2)19-10)14-12(18)15-13(3,4)11(16)17/h5-6,8H,7H2,1-4H3,(H,16,17)(H2,14,15,18). The number of hydrogen-bond donors (Lipinski definition) is 3. The first kappa shape index (κ1) is 15.5. The number of rotatable bonds is 5. The number of carbonyl (C=O) groups is 2. The topological polar surface area (TPSA) is 78.4 Å². The monoisotopic (exact) mass is 284 g/mol. The molecule has 1 rings (SSSR count). The second-order valence-corrected chi connectivity index (χ2v) is 6.52. The van der Waals surface area contributed by atoms with E-state index in [9.17, 15) is 9.59 Å². The minimum absolute atomic E-state index is 0.0531. The number of hydrogen-bond acceptors (Lipinski definition) is 3. The molecule has 3 N–H and O–H groups in total. The van der Waals surface area contributed by atoms with Gasteiger partial charge in [-0.1, -0.05) is 0 Å². The number of carboxylic acids is 1. The number of urea groups is 1. The summed E-state index contributed by atoms with van der Waals surface area (Å²) in [5.74, 6) is -1.07. The van der Waals surface area contributed by atoms with Gasteiger partial charge < -0.3 is 15.7 Å². The largest absolute Gasteiger partial charge is 0.480 e. The SMILES string of the molecule is Cc1ccc(CC(C)NC(=O)NC(C)(C)C(=O)O)s1. The van der Waals surface area contributed by atoms with Crippen LogP contribution in [0.25, 0.3) is 0 Å². The first-order valence-electron chi connectivity index (χ1n) is 6.08. The van der Waals surface area contributed by atoms with Crippen LogP contribution in [0.4, 0.5) is 4.79 Å². The maximum atomic E-state index is 11.7. The second-order valence-electron chi connectivity index (χ2n) is 5.15. The van der Waals surface area contributed by atoms with Crippen LogP contribution in [-0.4, -0.2) is 28.7 Å². The Balaban J connectivity index is 2.46. The zero-order valence-corrected chi connectivity index (χ0v) is 12.4. The maximum Gasteiger partial charge on any atom is 0.328 e. The first-order valence-corrected chi connectivity index (χ1v) is 6.90. The highest BCUT2D eigenvalue weighted by atomic mass is 32.1. The summed E-state index contributed by atoms with van der Waals surface area (Å²) in [5, 5.41) is 14.1. The Morgan fingerprint density at radius 2 is 2.05 bits per heavy atom. The van der Waals surface area contributed by atoms with Gasteiger partial charge >= 0.3 is 12.0 Å². The van der Waals surface area contributed by atoms with Crippen LogP contribution in [0.3, 0.4) is 0 Å². The van der Waals surface area contributed by atoms with E-state index in [1.807, 2.05) is 26.0 Å². The zero-order valence-electron chi connectivity index (χ0n) is 11.6.